The van der Waals surface area contributed by atoms with Gasteiger partial charge in [0, 0.05) is 58.0 Å². The highest BCUT2D eigenvalue weighted by molar-refractivity contribution is 14.0. The summed E-state index contributed by atoms with van der Waals surface area (Å²) < 4.78 is 0. The highest BCUT2D eigenvalue weighted by Gasteiger charge is 2.25. The summed E-state index contributed by atoms with van der Waals surface area (Å²) in [6, 6.07) is 4.23. The number of likely N-dealkylation sites (tertiary alicyclic amines) is 1. The molecular formula is C18H31IN6O. The summed E-state index contributed by atoms with van der Waals surface area (Å²) >= 11 is 0. The van der Waals surface area contributed by atoms with Gasteiger partial charge in [-0.3, -0.25) is 4.79 Å². The molecule has 2 heterocycles. The fourth-order valence-electron chi connectivity index (χ4n) is 2.96. The topological polar surface area (TPSA) is 72.9 Å². The number of pyridine rings is 1. The standard InChI is InChI=1S/C18H30N6O.HI/c1-5-16(25)24-11-9-15(13-24)22-18(19-6-2)21-12-14-8-7-10-20-17(14)23(3)4;/h7-8,10,15H,5-6,9,11-13H2,1-4H3,(H2,19,21,22);1H. The molecule has 1 atom stereocenters. The number of amides is 1. The van der Waals surface area contributed by atoms with Gasteiger partial charge in [0.15, 0.2) is 5.96 Å². The molecule has 0 saturated carbocycles. The average molecular weight is 474 g/mol. The van der Waals surface area contributed by atoms with Crippen LogP contribution in [0.2, 0.25) is 0 Å². The molecule has 0 bridgehead atoms. The van der Waals surface area contributed by atoms with E-state index in [4.69, 9.17) is 4.99 Å². The molecule has 1 unspecified atom stereocenters. The van der Waals surface area contributed by atoms with Gasteiger partial charge in [-0.2, -0.15) is 0 Å². The third-order valence-corrected chi connectivity index (χ3v) is 4.23. The van der Waals surface area contributed by atoms with E-state index in [1.165, 1.54) is 0 Å². The zero-order valence-electron chi connectivity index (χ0n) is 16.2. The number of nitrogens with zero attached hydrogens (tertiary/aromatic N) is 4. The van der Waals surface area contributed by atoms with Gasteiger partial charge in [-0.05, 0) is 19.4 Å². The molecule has 1 fully saturated rings. The quantitative estimate of drug-likeness (QED) is 0.374. The molecule has 146 valence electrons. The number of nitrogens with one attached hydrogen (secondary N) is 2. The predicted molar refractivity (Wildman–Crippen MR) is 117 cm³/mol. The Kier molecular flexibility index (Phi) is 9.68. The van der Waals surface area contributed by atoms with Gasteiger partial charge in [0.05, 0.1) is 6.54 Å². The molecule has 7 nitrogen and oxygen atoms in total. The Bertz CT molecular complexity index is 607. The fourth-order valence-corrected chi connectivity index (χ4v) is 2.96. The summed E-state index contributed by atoms with van der Waals surface area (Å²) in [4.78, 5) is 24.9. The summed E-state index contributed by atoms with van der Waals surface area (Å²) in [6.07, 6.45) is 3.31. The Hall–Kier alpha value is -1.58. The summed E-state index contributed by atoms with van der Waals surface area (Å²) in [7, 11) is 3.97. The van der Waals surface area contributed by atoms with Gasteiger partial charge in [0.2, 0.25) is 5.91 Å². The molecule has 2 N–H and O–H groups in total. The van der Waals surface area contributed by atoms with E-state index < -0.39 is 0 Å². The monoisotopic (exact) mass is 474 g/mol. The van der Waals surface area contributed by atoms with E-state index in [2.05, 4.69) is 15.6 Å². The number of anilines is 1. The Morgan fingerprint density at radius 2 is 2.19 bits per heavy atom. The Balaban J connectivity index is 0.00000338. The lowest BCUT2D eigenvalue weighted by Crippen LogP contribution is -2.45. The summed E-state index contributed by atoms with van der Waals surface area (Å²) in [5.74, 6) is 1.94. The largest absolute Gasteiger partial charge is 0.362 e. The third kappa shape index (κ3) is 6.30. The van der Waals surface area contributed by atoms with Gasteiger partial charge >= 0.3 is 0 Å². The van der Waals surface area contributed by atoms with Crippen LogP contribution in [0.5, 0.6) is 0 Å². The summed E-state index contributed by atoms with van der Waals surface area (Å²) in [6.45, 7) is 6.87. The molecule has 1 amide bonds. The number of hydrogen-bond donors (Lipinski definition) is 2. The molecule has 2 rings (SSSR count). The zero-order chi connectivity index (χ0) is 18.2. The van der Waals surface area contributed by atoms with Crippen molar-refractivity contribution in [3.05, 3.63) is 23.9 Å². The van der Waals surface area contributed by atoms with Crippen molar-refractivity contribution in [3.63, 3.8) is 0 Å². The Morgan fingerprint density at radius 3 is 2.85 bits per heavy atom. The van der Waals surface area contributed by atoms with Crippen molar-refractivity contribution in [2.24, 2.45) is 4.99 Å². The van der Waals surface area contributed by atoms with E-state index in [0.29, 0.717) is 13.0 Å². The molecule has 0 aliphatic carbocycles. The van der Waals surface area contributed by atoms with Crippen molar-refractivity contribution in [3.8, 4) is 0 Å². The lowest BCUT2D eigenvalue weighted by Gasteiger charge is -2.19. The van der Waals surface area contributed by atoms with Gasteiger partial charge in [-0.15, -0.1) is 24.0 Å². The zero-order valence-corrected chi connectivity index (χ0v) is 18.5. The molecule has 1 aliphatic rings. The van der Waals surface area contributed by atoms with Crippen LogP contribution >= 0.6 is 24.0 Å². The molecular weight excluding hydrogens is 443 g/mol. The van der Waals surface area contributed by atoms with Crippen molar-refractivity contribution in [2.45, 2.75) is 39.3 Å². The van der Waals surface area contributed by atoms with Crippen LogP contribution < -0.4 is 15.5 Å². The van der Waals surface area contributed by atoms with Crippen LogP contribution in [0.3, 0.4) is 0 Å². The van der Waals surface area contributed by atoms with E-state index in [0.717, 1.165) is 43.4 Å². The first kappa shape index (κ1) is 22.5. The molecule has 26 heavy (non-hydrogen) atoms. The number of carbonyl (C=O) groups excluding carboxylic acids is 1. The minimum Gasteiger partial charge on any atom is -0.362 e. The second-order valence-corrected chi connectivity index (χ2v) is 6.40. The van der Waals surface area contributed by atoms with E-state index in [-0.39, 0.29) is 35.9 Å². The molecule has 0 aromatic carbocycles. The number of hydrogen-bond acceptors (Lipinski definition) is 4. The van der Waals surface area contributed by atoms with Crippen molar-refractivity contribution >= 4 is 41.7 Å². The van der Waals surface area contributed by atoms with Crippen LogP contribution in [0.1, 0.15) is 32.3 Å². The number of guanidine groups is 1. The average Bonchev–Trinajstić information content (AvgIpc) is 3.08. The number of aromatic nitrogens is 1. The maximum Gasteiger partial charge on any atom is 0.222 e. The van der Waals surface area contributed by atoms with Gasteiger partial charge in [-0.1, -0.05) is 13.0 Å². The predicted octanol–water partition coefficient (Wildman–Crippen LogP) is 1.83. The number of halogens is 1. The van der Waals surface area contributed by atoms with Crippen LogP contribution in [0.15, 0.2) is 23.3 Å². The minimum atomic E-state index is 0. The lowest BCUT2D eigenvalue weighted by molar-refractivity contribution is -0.129. The van der Waals surface area contributed by atoms with Gasteiger partial charge in [0.1, 0.15) is 5.82 Å². The minimum absolute atomic E-state index is 0. The highest BCUT2D eigenvalue weighted by atomic mass is 127. The van der Waals surface area contributed by atoms with Crippen molar-refractivity contribution in [1.82, 2.24) is 20.5 Å². The maximum atomic E-state index is 11.8. The van der Waals surface area contributed by atoms with Crippen molar-refractivity contribution in [2.75, 3.05) is 38.6 Å². The van der Waals surface area contributed by atoms with Crippen LogP contribution in [-0.4, -0.2) is 61.5 Å². The molecule has 0 spiro atoms. The maximum absolute atomic E-state index is 11.8. The van der Waals surface area contributed by atoms with Crippen molar-refractivity contribution in [1.29, 1.82) is 0 Å². The first-order valence-electron chi connectivity index (χ1n) is 8.99. The second-order valence-electron chi connectivity index (χ2n) is 6.40. The molecule has 0 radical (unpaired) electrons. The summed E-state index contributed by atoms with van der Waals surface area (Å²) in [5, 5.41) is 6.74. The molecule has 1 aromatic rings. The van der Waals surface area contributed by atoms with Crippen LogP contribution in [0.25, 0.3) is 0 Å². The molecule has 1 aromatic heterocycles. The van der Waals surface area contributed by atoms with Crippen LogP contribution in [-0.2, 0) is 11.3 Å². The number of rotatable bonds is 6. The van der Waals surface area contributed by atoms with Gasteiger partial charge in [-0.25, -0.2) is 9.98 Å². The van der Waals surface area contributed by atoms with E-state index in [1.54, 1.807) is 6.20 Å². The smallest absolute Gasteiger partial charge is 0.222 e. The van der Waals surface area contributed by atoms with E-state index >= 15 is 0 Å². The highest BCUT2D eigenvalue weighted by Crippen LogP contribution is 2.15. The lowest BCUT2D eigenvalue weighted by atomic mass is 10.2. The normalized spacial score (nSPS) is 16.8. The Labute approximate surface area is 173 Å². The van der Waals surface area contributed by atoms with Gasteiger partial charge < -0.3 is 20.4 Å². The SMILES string of the molecule is CCNC(=NCc1cccnc1N(C)C)NC1CCN(C(=O)CC)C1.I. The first-order chi connectivity index (χ1) is 12.0. The van der Waals surface area contributed by atoms with E-state index in [1.807, 2.05) is 49.9 Å². The van der Waals surface area contributed by atoms with Crippen molar-refractivity contribution < 1.29 is 4.79 Å². The van der Waals surface area contributed by atoms with Crippen LogP contribution in [0, 0.1) is 0 Å². The summed E-state index contributed by atoms with van der Waals surface area (Å²) in [5.41, 5.74) is 1.08. The first-order valence-corrected chi connectivity index (χ1v) is 8.99. The van der Waals surface area contributed by atoms with E-state index in [9.17, 15) is 4.79 Å². The molecule has 1 aliphatic heterocycles. The second kappa shape index (κ2) is 11.2. The fraction of sp³-hybridized carbons (Fsp3) is 0.611. The van der Waals surface area contributed by atoms with Gasteiger partial charge in [0.25, 0.3) is 0 Å². The van der Waals surface area contributed by atoms with Crippen LogP contribution in [0.4, 0.5) is 5.82 Å². The molecule has 1 saturated heterocycles. The number of aliphatic imine (C=N–C) groups is 1. The Morgan fingerprint density at radius 1 is 1.42 bits per heavy atom. The third-order valence-electron chi connectivity index (χ3n) is 4.23. The molecule has 8 heteroatoms. The number of carbonyl (C=O) groups is 1.